The highest BCUT2D eigenvalue weighted by Gasteiger charge is 2.23. The maximum absolute atomic E-state index is 12.0. The van der Waals surface area contributed by atoms with E-state index in [1.54, 1.807) is 4.90 Å². The van der Waals surface area contributed by atoms with Crippen LogP contribution in [0.4, 0.5) is 0 Å². The van der Waals surface area contributed by atoms with Gasteiger partial charge in [-0.25, -0.2) is 0 Å². The van der Waals surface area contributed by atoms with Gasteiger partial charge in [-0.1, -0.05) is 20.3 Å². The molecule has 104 valence electrons. The van der Waals surface area contributed by atoms with Gasteiger partial charge in [0.1, 0.15) is 0 Å². The highest BCUT2D eigenvalue weighted by molar-refractivity contribution is 6.35. The monoisotopic (exact) mass is 255 g/mol. The van der Waals surface area contributed by atoms with Gasteiger partial charge >= 0.3 is 11.8 Å². The lowest BCUT2D eigenvalue weighted by atomic mass is 10.1. The summed E-state index contributed by atoms with van der Waals surface area (Å²) in [5, 5.41) is 6.05. The molecule has 0 saturated carbocycles. The quantitative estimate of drug-likeness (QED) is 0.719. The van der Waals surface area contributed by atoms with Crippen LogP contribution < -0.4 is 10.6 Å². The van der Waals surface area contributed by atoms with Gasteiger partial charge in [-0.3, -0.25) is 9.59 Å². The van der Waals surface area contributed by atoms with Crippen molar-refractivity contribution in [3.8, 4) is 0 Å². The van der Waals surface area contributed by atoms with Gasteiger partial charge < -0.3 is 15.5 Å². The molecule has 1 aliphatic rings. The molecule has 1 rings (SSSR count). The number of nitrogens with one attached hydrogen (secondary N) is 2. The molecule has 0 aromatic heterocycles. The first-order chi connectivity index (χ1) is 8.69. The summed E-state index contributed by atoms with van der Waals surface area (Å²) in [5.74, 6) is -0.828. The minimum atomic E-state index is -0.447. The Labute approximate surface area is 109 Å². The van der Waals surface area contributed by atoms with Crippen LogP contribution >= 0.6 is 0 Å². The van der Waals surface area contributed by atoms with Crippen LogP contribution in [0.3, 0.4) is 0 Å². The molecule has 1 atom stereocenters. The van der Waals surface area contributed by atoms with Crippen LogP contribution in [0.15, 0.2) is 0 Å². The van der Waals surface area contributed by atoms with Crippen LogP contribution in [0.2, 0.25) is 0 Å². The second kappa shape index (κ2) is 8.08. The maximum atomic E-state index is 12.0. The average molecular weight is 255 g/mol. The highest BCUT2D eigenvalue weighted by atomic mass is 16.2. The zero-order valence-electron chi connectivity index (χ0n) is 11.5. The van der Waals surface area contributed by atoms with Crippen LogP contribution in [0.5, 0.6) is 0 Å². The van der Waals surface area contributed by atoms with E-state index < -0.39 is 5.91 Å². The Morgan fingerprint density at radius 1 is 1.28 bits per heavy atom. The predicted octanol–water partition coefficient (Wildman–Crippen LogP) is 0.503. The Kier molecular flexibility index (Phi) is 6.72. The van der Waals surface area contributed by atoms with Crippen molar-refractivity contribution in [2.75, 3.05) is 26.2 Å². The van der Waals surface area contributed by atoms with E-state index in [0.29, 0.717) is 13.1 Å². The molecule has 0 radical (unpaired) electrons. The summed E-state index contributed by atoms with van der Waals surface area (Å²) in [5.41, 5.74) is 0. The number of carbonyl (C=O) groups is 2. The Morgan fingerprint density at radius 3 is 2.72 bits per heavy atom. The van der Waals surface area contributed by atoms with Crippen molar-refractivity contribution in [3.63, 3.8) is 0 Å². The Hall–Kier alpha value is -1.10. The van der Waals surface area contributed by atoms with Crippen LogP contribution in [-0.2, 0) is 9.59 Å². The molecule has 1 heterocycles. The maximum Gasteiger partial charge on any atom is 0.311 e. The summed E-state index contributed by atoms with van der Waals surface area (Å²) < 4.78 is 0. The van der Waals surface area contributed by atoms with Crippen LogP contribution in [0.1, 0.15) is 39.5 Å². The first kappa shape index (κ1) is 15.0. The summed E-state index contributed by atoms with van der Waals surface area (Å²) >= 11 is 0. The normalized spacial score (nSPS) is 18.0. The molecule has 1 aliphatic heterocycles. The van der Waals surface area contributed by atoms with E-state index in [9.17, 15) is 9.59 Å². The highest BCUT2D eigenvalue weighted by Crippen LogP contribution is 2.02. The molecule has 0 aromatic carbocycles. The number of nitrogens with zero attached hydrogens (tertiary/aromatic N) is 1. The largest absolute Gasteiger partial charge is 0.345 e. The SMILES string of the molecule is CCCC(CC)NC(=O)C(=O)N1CCCNCC1. The summed E-state index contributed by atoms with van der Waals surface area (Å²) in [4.78, 5) is 25.5. The molecule has 2 amide bonds. The predicted molar refractivity (Wildman–Crippen MR) is 71.2 cm³/mol. The van der Waals surface area contributed by atoms with Crippen molar-refractivity contribution >= 4 is 11.8 Å². The van der Waals surface area contributed by atoms with Crippen LogP contribution in [-0.4, -0.2) is 48.9 Å². The molecule has 2 N–H and O–H groups in total. The molecule has 0 aliphatic carbocycles. The Balaban J connectivity index is 2.46. The Morgan fingerprint density at radius 2 is 2.06 bits per heavy atom. The molecule has 1 saturated heterocycles. The smallest absolute Gasteiger partial charge is 0.311 e. The molecule has 0 aromatic rings. The van der Waals surface area contributed by atoms with Gasteiger partial charge in [0, 0.05) is 25.7 Å². The lowest BCUT2D eigenvalue weighted by Gasteiger charge is -2.21. The number of carbonyl (C=O) groups excluding carboxylic acids is 2. The van der Waals surface area contributed by atoms with Gasteiger partial charge in [0.25, 0.3) is 0 Å². The first-order valence-electron chi connectivity index (χ1n) is 6.99. The molecule has 1 unspecified atom stereocenters. The molecular formula is C13H25N3O2. The fraction of sp³-hybridized carbons (Fsp3) is 0.846. The van der Waals surface area contributed by atoms with E-state index >= 15 is 0 Å². The lowest BCUT2D eigenvalue weighted by molar-refractivity contribution is -0.146. The third kappa shape index (κ3) is 4.64. The minimum absolute atomic E-state index is 0.122. The topological polar surface area (TPSA) is 61.4 Å². The van der Waals surface area contributed by atoms with Crippen molar-refractivity contribution < 1.29 is 9.59 Å². The number of hydrogen-bond donors (Lipinski definition) is 2. The van der Waals surface area contributed by atoms with E-state index in [0.717, 1.165) is 38.8 Å². The fourth-order valence-electron chi connectivity index (χ4n) is 2.17. The van der Waals surface area contributed by atoms with Crippen LogP contribution in [0, 0.1) is 0 Å². The zero-order valence-corrected chi connectivity index (χ0v) is 11.5. The fourth-order valence-corrected chi connectivity index (χ4v) is 2.17. The number of amides is 2. The van der Waals surface area contributed by atoms with Crippen molar-refractivity contribution in [1.29, 1.82) is 0 Å². The molecule has 0 spiro atoms. The van der Waals surface area contributed by atoms with Crippen LogP contribution in [0.25, 0.3) is 0 Å². The zero-order chi connectivity index (χ0) is 13.4. The third-order valence-electron chi connectivity index (χ3n) is 3.29. The van der Waals surface area contributed by atoms with Gasteiger partial charge in [-0.2, -0.15) is 0 Å². The van der Waals surface area contributed by atoms with Crippen molar-refractivity contribution in [1.82, 2.24) is 15.5 Å². The number of rotatable bonds is 4. The van der Waals surface area contributed by atoms with E-state index in [2.05, 4.69) is 17.6 Å². The summed E-state index contributed by atoms with van der Waals surface area (Å²) in [6, 6.07) is 0.122. The third-order valence-corrected chi connectivity index (χ3v) is 3.29. The minimum Gasteiger partial charge on any atom is -0.345 e. The van der Waals surface area contributed by atoms with Crippen molar-refractivity contribution in [2.45, 2.75) is 45.6 Å². The Bertz CT molecular complexity index is 273. The lowest BCUT2D eigenvalue weighted by Crippen LogP contribution is -2.47. The van der Waals surface area contributed by atoms with Crippen molar-refractivity contribution in [3.05, 3.63) is 0 Å². The van der Waals surface area contributed by atoms with E-state index in [1.807, 2.05) is 6.92 Å². The van der Waals surface area contributed by atoms with E-state index in [1.165, 1.54) is 0 Å². The average Bonchev–Trinajstić information content (AvgIpc) is 2.65. The second-order valence-electron chi connectivity index (χ2n) is 4.76. The number of hydrogen-bond acceptors (Lipinski definition) is 3. The molecule has 5 heteroatoms. The summed E-state index contributed by atoms with van der Waals surface area (Å²) in [7, 11) is 0. The van der Waals surface area contributed by atoms with Gasteiger partial charge in [0.2, 0.25) is 0 Å². The molecule has 1 fully saturated rings. The molecule has 5 nitrogen and oxygen atoms in total. The van der Waals surface area contributed by atoms with Gasteiger partial charge in [-0.05, 0) is 25.8 Å². The van der Waals surface area contributed by atoms with Gasteiger partial charge in [-0.15, -0.1) is 0 Å². The van der Waals surface area contributed by atoms with E-state index in [-0.39, 0.29) is 11.9 Å². The molecule has 18 heavy (non-hydrogen) atoms. The first-order valence-corrected chi connectivity index (χ1v) is 6.99. The molecule has 0 bridgehead atoms. The van der Waals surface area contributed by atoms with Gasteiger partial charge in [0.05, 0.1) is 0 Å². The van der Waals surface area contributed by atoms with E-state index in [4.69, 9.17) is 0 Å². The second-order valence-corrected chi connectivity index (χ2v) is 4.76. The molecular weight excluding hydrogens is 230 g/mol. The van der Waals surface area contributed by atoms with Gasteiger partial charge in [0.15, 0.2) is 0 Å². The summed E-state index contributed by atoms with van der Waals surface area (Å²) in [6.07, 6.45) is 3.72. The standard InChI is InChI=1S/C13H25N3O2/c1-3-6-11(4-2)15-12(17)13(18)16-9-5-7-14-8-10-16/h11,14H,3-10H2,1-2H3,(H,15,17). The van der Waals surface area contributed by atoms with Crippen molar-refractivity contribution in [2.24, 2.45) is 0 Å². The summed E-state index contributed by atoms with van der Waals surface area (Å²) in [6.45, 7) is 7.09.